The number of aryl methyl sites for hydroxylation is 1. The maximum Gasteiger partial charge on any atom is 0.128 e. The zero-order valence-electron chi connectivity index (χ0n) is 9.85. The van der Waals surface area contributed by atoms with E-state index in [1.54, 1.807) is 0 Å². The van der Waals surface area contributed by atoms with Crippen LogP contribution in [0.25, 0.3) is 0 Å². The summed E-state index contributed by atoms with van der Waals surface area (Å²) in [7, 11) is 0. The minimum absolute atomic E-state index is 0.0290. The number of rotatable bonds is 2. The molecule has 1 atom stereocenters. The van der Waals surface area contributed by atoms with Gasteiger partial charge in [-0.25, -0.2) is 17.6 Å². The summed E-state index contributed by atoms with van der Waals surface area (Å²) in [6.07, 6.45) is 0. The Morgan fingerprint density at radius 3 is 2.00 bits per heavy atom. The number of alkyl halides is 1. The van der Waals surface area contributed by atoms with Gasteiger partial charge >= 0.3 is 0 Å². The first-order valence-corrected chi connectivity index (χ1v) is 5.87. The smallest absolute Gasteiger partial charge is 0.128 e. The lowest BCUT2D eigenvalue weighted by Crippen LogP contribution is -2.01. The van der Waals surface area contributed by atoms with E-state index in [-0.39, 0.29) is 16.7 Å². The van der Waals surface area contributed by atoms with E-state index < -0.39 is 28.6 Å². The molecule has 2 aromatic rings. The van der Waals surface area contributed by atoms with E-state index >= 15 is 0 Å². The summed E-state index contributed by atoms with van der Waals surface area (Å²) in [5.74, 6) is -3.00. The zero-order valence-corrected chi connectivity index (χ0v) is 10.6. The van der Waals surface area contributed by atoms with Gasteiger partial charge in [-0.2, -0.15) is 0 Å². The molecule has 0 aliphatic rings. The number of benzene rings is 2. The molecule has 0 saturated heterocycles. The van der Waals surface area contributed by atoms with Gasteiger partial charge in [-0.3, -0.25) is 0 Å². The molecule has 2 aromatic carbocycles. The Morgan fingerprint density at radius 2 is 1.42 bits per heavy atom. The molecule has 0 nitrogen and oxygen atoms in total. The van der Waals surface area contributed by atoms with Crippen molar-refractivity contribution in [3.8, 4) is 0 Å². The molecule has 5 heteroatoms. The molecular formula is C14H9ClF4. The van der Waals surface area contributed by atoms with Gasteiger partial charge in [0.25, 0.3) is 0 Å². The summed E-state index contributed by atoms with van der Waals surface area (Å²) < 4.78 is 53.3. The minimum atomic E-state index is -1.17. The maximum absolute atomic E-state index is 13.7. The van der Waals surface area contributed by atoms with Crippen molar-refractivity contribution >= 4 is 11.6 Å². The molecule has 0 bridgehead atoms. The number of hydrogen-bond acceptors (Lipinski definition) is 0. The Labute approximate surface area is 112 Å². The van der Waals surface area contributed by atoms with Gasteiger partial charge in [0.1, 0.15) is 23.3 Å². The lowest BCUT2D eigenvalue weighted by atomic mass is 10.0. The Morgan fingerprint density at radius 1 is 0.842 bits per heavy atom. The van der Waals surface area contributed by atoms with Crippen LogP contribution in [0.3, 0.4) is 0 Å². The first-order valence-electron chi connectivity index (χ1n) is 5.44. The fourth-order valence-corrected chi connectivity index (χ4v) is 2.05. The van der Waals surface area contributed by atoms with Crippen LogP contribution in [0.4, 0.5) is 17.6 Å². The summed E-state index contributed by atoms with van der Waals surface area (Å²) in [6.45, 7) is 1.41. The summed E-state index contributed by atoms with van der Waals surface area (Å²) in [6, 6.07) is 4.58. The molecule has 2 rings (SSSR count). The highest BCUT2D eigenvalue weighted by Crippen LogP contribution is 2.32. The highest BCUT2D eigenvalue weighted by molar-refractivity contribution is 6.22. The Hall–Kier alpha value is -1.55. The van der Waals surface area contributed by atoms with Crippen molar-refractivity contribution in [1.82, 2.24) is 0 Å². The average molecular weight is 289 g/mol. The molecule has 19 heavy (non-hydrogen) atoms. The van der Waals surface area contributed by atoms with Gasteiger partial charge in [0.05, 0.1) is 5.38 Å². The highest BCUT2D eigenvalue weighted by atomic mass is 35.5. The first kappa shape index (κ1) is 13.9. The van der Waals surface area contributed by atoms with Crippen LogP contribution in [-0.4, -0.2) is 0 Å². The molecule has 0 radical (unpaired) electrons. The van der Waals surface area contributed by atoms with Gasteiger partial charge < -0.3 is 0 Å². The van der Waals surface area contributed by atoms with Gasteiger partial charge in [-0.05, 0) is 42.3 Å². The van der Waals surface area contributed by atoms with Gasteiger partial charge in [0.15, 0.2) is 0 Å². The van der Waals surface area contributed by atoms with E-state index in [0.29, 0.717) is 6.07 Å². The van der Waals surface area contributed by atoms with E-state index in [9.17, 15) is 17.6 Å². The highest BCUT2D eigenvalue weighted by Gasteiger charge is 2.18. The Kier molecular flexibility index (Phi) is 3.80. The van der Waals surface area contributed by atoms with E-state index in [1.807, 2.05) is 0 Å². The van der Waals surface area contributed by atoms with Crippen LogP contribution in [-0.2, 0) is 0 Å². The van der Waals surface area contributed by atoms with Crippen molar-refractivity contribution in [2.75, 3.05) is 0 Å². The SMILES string of the molecule is Cc1cc(F)c(C(Cl)c2cc(F)cc(F)c2)cc1F. The van der Waals surface area contributed by atoms with Crippen molar-refractivity contribution < 1.29 is 17.6 Å². The molecule has 0 aliphatic carbocycles. The predicted octanol–water partition coefficient (Wildman–Crippen LogP) is 4.88. The fourth-order valence-electron chi connectivity index (χ4n) is 1.76. The third kappa shape index (κ3) is 2.89. The lowest BCUT2D eigenvalue weighted by molar-refractivity contribution is 0.573. The standard InChI is InChI=1S/C14H9ClF4/c1-7-2-13(19)11(6-12(7)18)14(15)8-3-9(16)5-10(17)4-8/h2-6,14H,1H3. The summed E-state index contributed by atoms with van der Waals surface area (Å²) in [5, 5.41) is -1.17. The Bertz CT molecular complexity index is 605. The average Bonchev–Trinajstić information content (AvgIpc) is 2.31. The number of halogens is 5. The second kappa shape index (κ2) is 5.21. The molecule has 0 heterocycles. The molecule has 100 valence electrons. The topological polar surface area (TPSA) is 0 Å². The van der Waals surface area contributed by atoms with E-state index in [1.165, 1.54) is 6.92 Å². The predicted molar refractivity (Wildman–Crippen MR) is 65.1 cm³/mol. The summed E-state index contributed by atoms with van der Waals surface area (Å²) in [4.78, 5) is 0. The van der Waals surface area contributed by atoms with Gasteiger partial charge in [-0.1, -0.05) is 0 Å². The summed E-state index contributed by atoms with van der Waals surface area (Å²) in [5.41, 5.74) is 0.00614. The second-order valence-electron chi connectivity index (χ2n) is 4.19. The first-order chi connectivity index (χ1) is 8.88. The molecule has 0 fully saturated rings. The molecule has 1 unspecified atom stereocenters. The minimum Gasteiger partial charge on any atom is -0.207 e. The van der Waals surface area contributed by atoms with Crippen molar-refractivity contribution in [2.45, 2.75) is 12.3 Å². The monoisotopic (exact) mass is 288 g/mol. The van der Waals surface area contributed by atoms with Crippen LogP contribution in [0.1, 0.15) is 22.1 Å². The Balaban J connectivity index is 2.49. The second-order valence-corrected chi connectivity index (χ2v) is 4.62. The van der Waals surface area contributed by atoms with Crippen LogP contribution in [0, 0.1) is 30.2 Å². The van der Waals surface area contributed by atoms with Crippen molar-refractivity contribution in [2.24, 2.45) is 0 Å². The lowest BCUT2D eigenvalue weighted by Gasteiger charge is -2.13. The van der Waals surface area contributed by atoms with Gasteiger partial charge in [0, 0.05) is 11.6 Å². The maximum atomic E-state index is 13.7. The van der Waals surface area contributed by atoms with E-state index in [0.717, 1.165) is 24.3 Å². The molecule has 0 spiro atoms. The zero-order chi connectivity index (χ0) is 14.2. The molecular weight excluding hydrogens is 280 g/mol. The molecule has 0 amide bonds. The fraction of sp³-hybridized carbons (Fsp3) is 0.143. The van der Waals surface area contributed by atoms with E-state index in [4.69, 9.17) is 11.6 Å². The molecule has 0 aromatic heterocycles. The third-order valence-electron chi connectivity index (χ3n) is 2.73. The van der Waals surface area contributed by atoms with Crippen LogP contribution in [0.2, 0.25) is 0 Å². The quantitative estimate of drug-likeness (QED) is 0.546. The van der Waals surface area contributed by atoms with Crippen molar-refractivity contribution in [3.63, 3.8) is 0 Å². The largest absolute Gasteiger partial charge is 0.207 e. The normalized spacial score (nSPS) is 12.5. The van der Waals surface area contributed by atoms with Crippen molar-refractivity contribution in [1.29, 1.82) is 0 Å². The third-order valence-corrected chi connectivity index (χ3v) is 3.22. The van der Waals surface area contributed by atoms with Gasteiger partial charge in [-0.15, -0.1) is 11.6 Å². The number of hydrogen-bond donors (Lipinski definition) is 0. The summed E-state index contributed by atoms with van der Waals surface area (Å²) >= 11 is 5.97. The van der Waals surface area contributed by atoms with Crippen LogP contribution in [0.5, 0.6) is 0 Å². The van der Waals surface area contributed by atoms with Crippen LogP contribution in [0.15, 0.2) is 30.3 Å². The van der Waals surface area contributed by atoms with E-state index in [2.05, 4.69) is 0 Å². The van der Waals surface area contributed by atoms with Crippen LogP contribution >= 0.6 is 11.6 Å². The molecule has 0 aliphatic heterocycles. The molecule has 0 saturated carbocycles. The van der Waals surface area contributed by atoms with Crippen LogP contribution < -0.4 is 0 Å². The van der Waals surface area contributed by atoms with Crippen molar-refractivity contribution in [3.05, 3.63) is 70.3 Å². The van der Waals surface area contributed by atoms with Gasteiger partial charge in [0.2, 0.25) is 0 Å². The molecule has 0 N–H and O–H groups in total.